The minimum Gasteiger partial charge on any atom is -0.350 e. The van der Waals surface area contributed by atoms with Crippen LogP contribution in [0.5, 0.6) is 0 Å². The van der Waals surface area contributed by atoms with E-state index in [0.29, 0.717) is 48.3 Å². The van der Waals surface area contributed by atoms with Gasteiger partial charge in [-0.1, -0.05) is 54.6 Å². The highest BCUT2D eigenvalue weighted by molar-refractivity contribution is 6.35. The van der Waals surface area contributed by atoms with Gasteiger partial charge in [0.2, 0.25) is 11.8 Å². The average molecular weight is 592 g/mol. The fourth-order valence-corrected chi connectivity index (χ4v) is 6.44. The smallest absolute Gasteiger partial charge is 0.252 e. The molecule has 3 aliphatic rings. The predicted molar refractivity (Wildman–Crippen MR) is 159 cm³/mol. The summed E-state index contributed by atoms with van der Waals surface area (Å²) in [5.41, 5.74) is 6.82. The van der Waals surface area contributed by atoms with Gasteiger partial charge in [0.25, 0.3) is 5.91 Å². The molecular weight excluding hydrogens is 551 g/mol. The first-order valence-corrected chi connectivity index (χ1v) is 15.0. The van der Waals surface area contributed by atoms with E-state index in [-0.39, 0.29) is 42.6 Å². The Bertz CT molecular complexity index is 1130. The normalized spacial score (nSPS) is 20.0. The van der Waals surface area contributed by atoms with E-state index in [2.05, 4.69) is 20.5 Å². The van der Waals surface area contributed by atoms with Crippen molar-refractivity contribution in [1.29, 1.82) is 0 Å². The molecule has 3 amide bonds. The molecule has 40 heavy (non-hydrogen) atoms. The van der Waals surface area contributed by atoms with Gasteiger partial charge in [-0.2, -0.15) is 0 Å². The number of nitrogens with two attached hydrogens (primary N) is 1. The van der Waals surface area contributed by atoms with E-state index in [4.69, 9.17) is 28.9 Å². The Morgan fingerprint density at radius 3 is 2.48 bits per heavy atom. The van der Waals surface area contributed by atoms with Gasteiger partial charge >= 0.3 is 0 Å². The number of carbonyl (C=O) groups is 3. The van der Waals surface area contributed by atoms with Gasteiger partial charge in [-0.05, 0) is 37.0 Å². The number of dihydropyridines is 1. The lowest BCUT2D eigenvalue weighted by molar-refractivity contribution is -0.139. The predicted octanol–water partition coefficient (Wildman–Crippen LogP) is 2.73. The number of carbonyl (C=O) groups excluding carboxylic acids is 3. The number of benzene rings is 1. The van der Waals surface area contributed by atoms with E-state index in [1.165, 1.54) is 6.42 Å². The Hall–Kier alpha value is -2.46. The molecule has 4 rings (SSSR count). The van der Waals surface area contributed by atoms with Crippen molar-refractivity contribution in [3.8, 4) is 0 Å². The molecule has 11 heteroatoms. The van der Waals surface area contributed by atoms with Crippen molar-refractivity contribution in [3.05, 3.63) is 45.5 Å². The number of aliphatic imine (C=N–C) groups is 1. The summed E-state index contributed by atoms with van der Waals surface area (Å²) >= 11 is 12.4. The molecule has 4 N–H and O–H groups in total. The van der Waals surface area contributed by atoms with Gasteiger partial charge in [0.05, 0.1) is 5.57 Å². The highest BCUT2D eigenvalue weighted by Gasteiger charge is 2.41. The maximum Gasteiger partial charge on any atom is 0.252 e. The number of hydrogen-bond acceptors (Lipinski definition) is 6. The van der Waals surface area contributed by atoms with Crippen LogP contribution in [0.3, 0.4) is 0 Å². The second kappa shape index (κ2) is 14.4. The van der Waals surface area contributed by atoms with Crippen molar-refractivity contribution in [2.45, 2.75) is 62.9 Å². The summed E-state index contributed by atoms with van der Waals surface area (Å²) in [6.07, 6.45) is 10.3. The van der Waals surface area contributed by atoms with Crippen molar-refractivity contribution in [3.63, 3.8) is 0 Å². The molecule has 0 radical (unpaired) electrons. The van der Waals surface area contributed by atoms with Crippen LogP contribution in [0.4, 0.5) is 0 Å². The number of nitrogens with one attached hydrogen (secondary N) is 2. The van der Waals surface area contributed by atoms with Gasteiger partial charge in [0.15, 0.2) is 0 Å². The lowest BCUT2D eigenvalue weighted by atomic mass is 9.79. The van der Waals surface area contributed by atoms with Crippen LogP contribution in [0.1, 0.15) is 50.5 Å². The fraction of sp³-hybridized carbons (Fsp3) is 0.586. The van der Waals surface area contributed by atoms with Crippen LogP contribution in [-0.2, 0) is 20.8 Å². The number of rotatable bonds is 10. The van der Waals surface area contributed by atoms with E-state index in [1.807, 2.05) is 11.0 Å². The van der Waals surface area contributed by atoms with Crippen molar-refractivity contribution in [1.82, 2.24) is 20.4 Å². The molecule has 2 fully saturated rings. The van der Waals surface area contributed by atoms with Crippen LogP contribution in [0.2, 0.25) is 10.0 Å². The maximum absolute atomic E-state index is 13.7. The van der Waals surface area contributed by atoms with Gasteiger partial charge in [-0.25, -0.2) is 0 Å². The number of hydrogen-bond donors (Lipinski definition) is 3. The van der Waals surface area contributed by atoms with Crippen LogP contribution in [-0.4, -0.2) is 91.1 Å². The molecule has 2 aliphatic heterocycles. The summed E-state index contributed by atoms with van der Waals surface area (Å²) in [6, 6.07) is 4.40. The summed E-state index contributed by atoms with van der Waals surface area (Å²) in [5.74, 6) is -0.468. The molecule has 0 bridgehead atoms. The maximum atomic E-state index is 13.7. The summed E-state index contributed by atoms with van der Waals surface area (Å²) in [7, 11) is 0. The van der Waals surface area contributed by atoms with Crippen molar-refractivity contribution >= 4 is 47.1 Å². The first-order chi connectivity index (χ1) is 19.3. The molecule has 218 valence electrons. The zero-order valence-electron chi connectivity index (χ0n) is 23.0. The first kappa shape index (κ1) is 30.5. The van der Waals surface area contributed by atoms with Crippen LogP contribution in [0.15, 0.2) is 34.8 Å². The van der Waals surface area contributed by atoms with Crippen LogP contribution in [0.25, 0.3) is 0 Å². The lowest BCUT2D eigenvalue weighted by Gasteiger charge is -2.50. The fourth-order valence-electron chi connectivity index (χ4n) is 5.95. The molecule has 1 atom stereocenters. The summed E-state index contributed by atoms with van der Waals surface area (Å²) in [6.45, 7) is 4.02. The second-order valence-corrected chi connectivity index (χ2v) is 11.7. The van der Waals surface area contributed by atoms with Crippen molar-refractivity contribution in [2.24, 2.45) is 10.7 Å². The number of piperazine rings is 1. The molecule has 1 saturated carbocycles. The van der Waals surface area contributed by atoms with E-state index < -0.39 is 6.04 Å². The summed E-state index contributed by atoms with van der Waals surface area (Å²) in [5, 5.41) is 7.02. The summed E-state index contributed by atoms with van der Waals surface area (Å²) < 4.78 is 0. The van der Waals surface area contributed by atoms with E-state index in [9.17, 15) is 14.4 Å². The van der Waals surface area contributed by atoms with Crippen molar-refractivity contribution < 1.29 is 14.4 Å². The third kappa shape index (κ3) is 7.84. The Kier molecular flexibility index (Phi) is 11.0. The van der Waals surface area contributed by atoms with Gasteiger partial charge in [0.1, 0.15) is 6.04 Å². The molecule has 0 aromatic heterocycles. The molecule has 1 saturated heterocycles. The average Bonchev–Trinajstić information content (AvgIpc) is 2.97. The molecule has 2 heterocycles. The van der Waals surface area contributed by atoms with E-state index in [1.54, 1.807) is 24.4 Å². The number of amides is 3. The highest BCUT2D eigenvalue weighted by atomic mass is 35.5. The molecule has 0 spiro atoms. The quantitative estimate of drug-likeness (QED) is 0.387. The Labute approximate surface area is 246 Å². The van der Waals surface area contributed by atoms with Crippen LogP contribution in [0, 0.1) is 0 Å². The number of halogens is 2. The molecule has 9 nitrogen and oxygen atoms in total. The third-order valence-corrected chi connectivity index (χ3v) is 8.77. The third-order valence-electron chi connectivity index (χ3n) is 8.18. The molecule has 1 aliphatic carbocycles. The standard InChI is InChI=1S/C29H40Cl2N6O3/c30-23-7-6-21(24(31)18-23)17-25(35-26(38)8-11-32)28(40)36-13-15-37(16-14-36)29(9-2-1-3-10-29)20-34-27(39)22-5-4-12-33-19-22/h5-7,18-19,25H,1-4,8-17,20,32H2,(H,34,39)(H,35,38)/t25-/m1/s1. The first-order valence-electron chi connectivity index (χ1n) is 14.3. The second-order valence-electron chi connectivity index (χ2n) is 10.9. The van der Waals surface area contributed by atoms with Crippen LogP contribution < -0.4 is 16.4 Å². The minimum atomic E-state index is -0.752. The van der Waals surface area contributed by atoms with Gasteiger partial charge in [-0.15, -0.1) is 0 Å². The highest BCUT2D eigenvalue weighted by Crippen LogP contribution is 2.34. The van der Waals surface area contributed by atoms with Gasteiger partial charge < -0.3 is 21.3 Å². The molecule has 1 aromatic carbocycles. The molecule has 1 aromatic rings. The zero-order valence-corrected chi connectivity index (χ0v) is 24.5. The summed E-state index contributed by atoms with van der Waals surface area (Å²) in [4.78, 5) is 47.5. The van der Waals surface area contributed by atoms with Crippen LogP contribution >= 0.6 is 23.2 Å². The Morgan fingerprint density at radius 2 is 1.82 bits per heavy atom. The zero-order chi connectivity index (χ0) is 28.5. The van der Waals surface area contributed by atoms with Gasteiger partial charge in [-0.3, -0.25) is 24.3 Å². The SMILES string of the molecule is NCCC(=O)N[C@H](Cc1ccc(Cl)cc1Cl)C(=O)N1CCN(C2(CNC(=O)C3=CCCN=C3)CCCCC2)CC1. The lowest BCUT2D eigenvalue weighted by Crippen LogP contribution is -2.63. The minimum absolute atomic E-state index is 0.0702. The number of nitrogens with zero attached hydrogens (tertiary/aromatic N) is 3. The monoisotopic (exact) mass is 590 g/mol. The molecule has 0 unspecified atom stereocenters. The topological polar surface area (TPSA) is 120 Å². The van der Waals surface area contributed by atoms with Gasteiger partial charge in [0, 0.05) is 80.5 Å². The Morgan fingerprint density at radius 1 is 1.07 bits per heavy atom. The Balaban J connectivity index is 1.41. The van der Waals surface area contributed by atoms with E-state index in [0.717, 1.165) is 44.2 Å². The molecular formula is C29H40Cl2N6O3. The van der Waals surface area contributed by atoms with Crippen molar-refractivity contribution in [2.75, 3.05) is 45.8 Å². The largest absolute Gasteiger partial charge is 0.350 e. The van der Waals surface area contributed by atoms with E-state index >= 15 is 0 Å².